The zero-order chi connectivity index (χ0) is 18.0. The molecule has 0 bridgehead atoms. The number of rotatable bonds is 4. The lowest BCUT2D eigenvalue weighted by Crippen LogP contribution is -2.31. The average molecular weight is 362 g/mol. The second-order valence-electron chi connectivity index (χ2n) is 6.17. The van der Waals surface area contributed by atoms with Crippen molar-refractivity contribution >= 4 is 23.5 Å². The molecule has 1 fully saturated rings. The summed E-state index contributed by atoms with van der Waals surface area (Å²) in [5, 5.41) is 9.70. The van der Waals surface area contributed by atoms with Crippen LogP contribution < -0.4 is 0 Å². The number of likely N-dealkylation sites (tertiary alicyclic amines) is 1. The Morgan fingerprint density at radius 3 is 2.52 bits per heavy atom. The molecule has 6 heteroatoms. The molecule has 0 saturated carbocycles. The van der Waals surface area contributed by atoms with E-state index in [1.807, 2.05) is 30.3 Å². The van der Waals surface area contributed by atoms with Crippen molar-refractivity contribution in [1.29, 1.82) is 0 Å². The summed E-state index contributed by atoms with van der Waals surface area (Å²) in [6.07, 6.45) is 0.0208. The van der Waals surface area contributed by atoms with Crippen LogP contribution in [0.4, 0.5) is 4.39 Å². The van der Waals surface area contributed by atoms with Gasteiger partial charge in [-0.1, -0.05) is 48.0 Å². The van der Waals surface area contributed by atoms with Crippen LogP contribution in [0.25, 0.3) is 0 Å². The number of carboxylic acid groups (broad SMARTS) is 1. The van der Waals surface area contributed by atoms with Crippen molar-refractivity contribution < 1.29 is 19.1 Å². The van der Waals surface area contributed by atoms with Crippen LogP contribution in [0.2, 0.25) is 5.02 Å². The molecule has 1 heterocycles. The number of amides is 1. The molecule has 1 aliphatic heterocycles. The van der Waals surface area contributed by atoms with Gasteiger partial charge in [-0.3, -0.25) is 9.59 Å². The maximum Gasteiger partial charge on any atom is 0.308 e. The van der Waals surface area contributed by atoms with E-state index >= 15 is 0 Å². The second-order valence-corrected chi connectivity index (χ2v) is 6.58. The van der Waals surface area contributed by atoms with E-state index in [0.29, 0.717) is 12.1 Å². The largest absolute Gasteiger partial charge is 0.481 e. The fourth-order valence-corrected chi connectivity index (χ4v) is 3.47. The van der Waals surface area contributed by atoms with Crippen LogP contribution in [0.5, 0.6) is 0 Å². The van der Waals surface area contributed by atoms with Crippen molar-refractivity contribution in [3.05, 3.63) is 70.5 Å². The molecule has 0 spiro atoms. The fraction of sp³-hybridized carbons (Fsp3) is 0.263. The maximum absolute atomic E-state index is 13.1. The molecule has 1 amide bonds. The highest BCUT2D eigenvalue weighted by molar-refractivity contribution is 6.31. The summed E-state index contributed by atoms with van der Waals surface area (Å²) in [7, 11) is 0. The van der Waals surface area contributed by atoms with Crippen molar-refractivity contribution in [2.24, 2.45) is 5.92 Å². The highest BCUT2D eigenvalue weighted by Gasteiger charge is 2.40. The van der Waals surface area contributed by atoms with E-state index in [2.05, 4.69) is 0 Å². The number of halogens is 2. The van der Waals surface area contributed by atoms with E-state index in [4.69, 9.17) is 11.6 Å². The standard InChI is InChI=1S/C19H17ClFNO3/c20-17-9-14(21)7-6-13(17)8-18(23)22-10-15(16(11-22)19(24)25)12-4-2-1-3-5-12/h1-7,9,15-16H,8,10-11H2,(H,24,25)/t15-,16-/m1/s1. The Morgan fingerprint density at radius 1 is 1.16 bits per heavy atom. The highest BCUT2D eigenvalue weighted by atomic mass is 35.5. The van der Waals surface area contributed by atoms with Gasteiger partial charge in [0.2, 0.25) is 5.91 Å². The van der Waals surface area contributed by atoms with Crippen LogP contribution in [0.15, 0.2) is 48.5 Å². The fourth-order valence-electron chi connectivity index (χ4n) is 3.24. The molecule has 130 valence electrons. The van der Waals surface area contributed by atoms with Crippen molar-refractivity contribution in [2.45, 2.75) is 12.3 Å². The van der Waals surface area contributed by atoms with Gasteiger partial charge in [-0.15, -0.1) is 0 Å². The molecule has 0 aliphatic carbocycles. The van der Waals surface area contributed by atoms with Gasteiger partial charge in [0.15, 0.2) is 0 Å². The number of carboxylic acids is 1. The van der Waals surface area contributed by atoms with E-state index in [-0.39, 0.29) is 29.8 Å². The van der Waals surface area contributed by atoms with Crippen LogP contribution in [0, 0.1) is 11.7 Å². The summed E-state index contributed by atoms with van der Waals surface area (Å²) < 4.78 is 13.1. The van der Waals surface area contributed by atoms with Crippen LogP contribution in [-0.4, -0.2) is 35.0 Å². The molecule has 2 aromatic carbocycles. The van der Waals surface area contributed by atoms with Gasteiger partial charge >= 0.3 is 5.97 Å². The normalized spacial score (nSPS) is 19.8. The van der Waals surface area contributed by atoms with E-state index in [1.54, 1.807) is 4.90 Å². The lowest BCUT2D eigenvalue weighted by atomic mass is 9.89. The van der Waals surface area contributed by atoms with Gasteiger partial charge in [0, 0.05) is 24.0 Å². The number of aliphatic carboxylic acids is 1. The minimum atomic E-state index is -0.913. The van der Waals surface area contributed by atoms with Gasteiger partial charge < -0.3 is 10.0 Å². The summed E-state index contributed by atoms with van der Waals surface area (Å²) in [6.45, 7) is 0.505. The number of carbonyl (C=O) groups excluding carboxylic acids is 1. The van der Waals surface area contributed by atoms with Gasteiger partial charge in [0.05, 0.1) is 12.3 Å². The Morgan fingerprint density at radius 2 is 1.88 bits per heavy atom. The molecule has 1 saturated heterocycles. The SMILES string of the molecule is O=C(O)[C@@H]1CN(C(=O)Cc2ccc(F)cc2Cl)C[C@@H]1c1ccccc1. The summed E-state index contributed by atoms with van der Waals surface area (Å²) >= 11 is 5.98. The molecule has 2 aromatic rings. The third-order valence-electron chi connectivity index (χ3n) is 4.57. The third-order valence-corrected chi connectivity index (χ3v) is 4.93. The molecule has 0 radical (unpaired) electrons. The Bertz CT molecular complexity index is 797. The molecule has 25 heavy (non-hydrogen) atoms. The van der Waals surface area contributed by atoms with Crippen LogP contribution >= 0.6 is 11.6 Å². The summed E-state index contributed by atoms with van der Waals surface area (Å²) in [5.74, 6) is -2.47. The van der Waals surface area contributed by atoms with Crippen LogP contribution in [0.1, 0.15) is 17.0 Å². The number of carbonyl (C=O) groups is 2. The topological polar surface area (TPSA) is 57.6 Å². The second kappa shape index (κ2) is 7.23. The summed E-state index contributed by atoms with van der Waals surface area (Å²) in [5.41, 5.74) is 1.44. The van der Waals surface area contributed by atoms with Crippen LogP contribution in [-0.2, 0) is 16.0 Å². The minimum Gasteiger partial charge on any atom is -0.481 e. The monoisotopic (exact) mass is 361 g/mol. The van der Waals surface area contributed by atoms with E-state index in [1.165, 1.54) is 18.2 Å². The number of hydrogen-bond donors (Lipinski definition) is 1. The first-order valence-electron chi connectivity index (χ1n) is 7.95. The third kappa shape index (κ3) is 3.82. The summed E-state index contributed by atoms with van der Waals surface area (Å²) in [4.78, 5) is 25.7. The Hall–Kier alpha value is -2.40. The molecule has 0 aromatic heterocycles. The maximum atomic E-state index is 13.1. The van der Waals surface area contributed by atoms with Gasteiger partial charge in [0.1, 0.15) is 5.82 Å². The van der Waals surface area contributed by atoms with Crippen LogP contribution in [0.3, 0.4) is 0 Å². The number of benzene rings is 2. The Kier molecular flexibility index (Phi) is 5.04. The summed E-state index contributed by atoms with van der Waals surface area (Å²) in [6, 6.07) is 13.2. The first-order chi connectivity index (χ1) is 12.0. The zero-order valence-electron chi connectivity index (χ0n) is 13.4. The van der Waals surface area contributed by atoms with Gasteiger partial charge in [-0.05, 0) is 23.3 Å². The lowest BCUT2D eigenvalue weighted by Gasteiger charge is -2.17. The van der Waals surface area contributed by atoms with Gasteiger partial charge in [-0.2, -0.15) is 0 Å². The molecule has 4 nitrogen and oxygen atoms in total. The first kappa shape index (κ1) is 17.4. The van der Waals surface area contributed by atoms with Crippen molar-refractivity contribution in [1.82, 2.24) is 4.90 Å². The van der Waals surface area contributed by atoms with Gasteiger partial charge in [-0.25, -0.2) is 4.39 Å². The predicted molar refractivity (Wildman–Crippen MR) is 92.0 cm³/mol. The molecular formula is C19H17ClFNO3. The lowest BCUT2D eigenvalue weighted by molar-refractivity contribution is -0.141. The van der Waals surface area contributed by atoms with E-state index < -0.39 is 17.7 Å². The average Bonchev–Trinajstić information content (AvgIpc) is 3.04. The molecule has 1 aliphatic rings. The van der Waals surface area contributed by atoms with Crippen molar-refractivity contribution in [2.75, 3.05) is 13.1 Å². The highest BCUT2D eigenvalue weighted by Crippen LogP contribution is 2.33. The first-order valence-corrected chi connectivity index (χ1v) is 8.33. The predicted octanol–water partition coefficient (Wildman–Crippen LogP) is 3.35. The molecule has 1 N–H and O–H groups in total. The van der Waals surface area contributed by atoms with Crippen molar-refractivity contribution in [3.63, 3.8) is 0 Å². The van der Waals surface area contributed by atoms with Crippen molar-refractivity contribution in [3.8, 4) is 0 Å². The molecule has 0 unspecified atom stereocenters. The zero-order valence-corrected chi connectivity index (χ0v) is 14.1. The molecule has 3 rings (SSSR count). The minimum absolute atomic E-state index is 0.0208. The quantitative estimate of drug-likeness (QED) is 0.908. The van der Waals surface area contributed by atoms with E-state index in [9.17, 15) is 19.1 Å². The number of nitrogens with zero attached hydrogens (tertiary/aromatic N) is 1. The smallest absolute Gasteiger partial charge is 0.308 e. The Labute approximate surface area is 149 Å². The number of hydrogen-bond acceptors (Lipinski definition) is 2. The van der Waals surface area contributed by atoms with E-state index in [0.717, 1.165) is 5.56 Å². The Balaban J connectivity index is 1.76. The molecular weight excluding hydrogens is 345 g/mol. The van der Waals surface area contributed by atoms with Gasteiger partial charge in [0.25, 0.3) is 0 Å². The molecule has 2 atom stereocenters.